The normalized spacial score (nSPS) is 10.3. The maximum Gasteiger partial charge on any atom is 0.339 e. The molecule has 0 saturated carbocycles. The van der Waals surface area contributed by atoms with Gasteiger partial charge in [0.2, 0.25) is 5.78 Å². The summed E-state index contributed by atoms with van der Waals surface area (Å²) in [7, 11) is 0. The molecule has 0 aliphatic carbocycles. The number of rotatable bonds is 7. The molecule has 0 aliphatic heterocycles. The van der Waals surface area contributed by atoms with E-state index in [2.05, 4.69) is 0 Å². The molecule has 0 aliphatic rings. The van der Waals surface area contributed by atoms with Gasteiger partial charge in [-0.2, -0.15) is 0 Å². The van der Waals surface area contributed by atoms with Crippen LogP contribution < -0.4 is 0 Å². The van der Waals surface area contributed by atoms with E-state index in [9.17, 15) is 24.5 Å². The Morgan fingerprint density at radius 1 is 0.867 bits per heavy atom. The van der Waals surface area contributed by atoms with Gasteiger partial charge in [0.05, 0.1) is 10.5 Å². The Kier molecular flexibility index (Phi) is 6.12. The first-order valence-electron chi connectivity index (χ1n) is 9.02. The number of hydrogen-bond donors (Lipinski definition) is 0. The SMILES string of the molecule is Cc1ccc(C(=O)COC(=O)c2ccccc2C(=O)c2ccccc2)cc1[N+](=O)[O-]. The fraction of sp³-hybridized carbons (Fsp3) is 0.0870. The van der Waals surface area contributed by atoms with Crippen LogP contribution in [0.4, 0.5) is 5.69 Å². The van der Waals surface area contributed by atoms with Crippen molar-refractivity contribution in [2.75, 3.05) is 6.61 Å². The largest absolute Gasteiger partial charge is 0.454 e. The van der Waals surface area contributed by atoms with Crippen molar-refractivity contribution >= 4 is 23.2 Å². The van der Waals surface area contributed by atoms with Crippen LogP contribution in [0.2, 0.25) is 0 Å². The molecule has 0 unspecified atom stereocenters. The Bertz CT molecular complexity index is 1140. The van der Waals surface area contributed by atoms with E-state index in [1.807, 2.05) is 0 Å². The minimum Gasteiger partial charge on any atom is -0.454 e. The van der Waals surface area contributed by atoms with Crippen molar-refractivity contribution in [3.8, 4) is 0 Å². The van der Waals surface area contributed by atoms with E-state index in [-0.39, 0.29) is 28.2 Å². The Hall–Kier alpha value is -4.13. The van der Waals surface area contributed by atoms with Gasteiger partial charge in [0.15, 0.2) is 12.4 Å². The van der Waals surface area contributed by atoms with Gasteiger partial charge in [-0.3, -0.25) is 19.7 Å². The molecule has 0 fully saturated rings. The highest BCUT2D eigenvalue weighted by molar-refractivity contribution is 6.14. The van der Waals surface area contributed by atoms with Crippen LogP contribution in [0.25, 0.3) is 0 Å². The molecule has 0 amide bonds. The molecule has 0 atom stereocenters. The molecule has 7 nitrogen and oxygen atoms in total. The molecule has 7 heteroatoms. The smallest absolute Gasteiger partial charge is 0.339 e. The topological polar surface area (TPSA) is 104 Å². The molecule has 30 heavy (non-hydrogen) atoms. The van der Waals surface area contributed by atoms with Gasteiger partial charge in [0.25, 0.3) is 5.69 Å². The van der Waals surface area contributed by atoms with Crippen molar-refractivity contribution in [2.45, 2.75) is 6.92 Å². The number of carbonyl (C=O) groups is 3. The highest BCUT2D eigenvalue weighted by Crippen LogP contribution is 2.20. The monoisotopic (exact) mass is 403 g/mol. The minimum absolute atomic E-state index is 0.0361. The first-order valence-corrected chi connectivity index (χ1v) is 9.02. The van der Waals surface area contributed by atoms with Crippen LogP contribution in [-0.2, 0) is 4.74 Å². The van der Waals surface area contributed by atoms with Crippen LogP contribution >= 0.6 is 0 Å². The minimum atomic E-state index is -0.829. The summed E-state index contributed by atoms with van der Waals surface area (Å²) in [6.45, 7) is 0.958. The Morgan fingerprint density at radius 3 is 2.17 bits per heavy atom. The maximum absolute atomic E-state index is 12.7. The Labute approximate surface area is 172 Å². The highest BCUT2D eigenvalue weighted by atomic mass is 16.6. The molecule has 3 rings (SSSR count). The third-order valence-corrected chi connectivity index (χ3v) is 4.49. The van der Waals surface area contributed by atoms with Crippen LogP contribution in [-0.4, -0.2) is 29.1 Å². The lowest BCUT2D eigenvalue weighted by Crippen LogP contribution is -2.17. The zero-order chi connectivity index (χ0) is 21.7. The maximum atomic E-state index is 12.7. The fourth-order valence-corrected chi connectivity index (χ4v) is 2.88. The van der Waals surface area contributed by atoms with Crippen molar-refractivity contribution in [1.29, 1.82) is 0 Å². The average molecular weight is 403 g/mol. The summed E-state index contributed by atoms with van der Waals surface area (Å²) < 4.78 is 5.09. The molecule has 0 heterocycles. The van der Waals surface area contributed by atoms with Crippen molar-refractivity contribution in [1.82, 2.24) is 0 Å². The lowest BCUT2D eigenvalue weighted by atomic mass is 9.98. The van der Waals surface area contributed by atoms with Crippen LogP contribution in [0.15, 0.2) is 72.8 Å². The lowest BCUT2D eigenvalue weighted by Gasteiger charge is -2.09. The molecule has 0 saturated heterocycles. The fourth-order valence-electron chi connectivity index (χ4n) is 2.88. The van der Waals surface area contributed by atoms with Gasteiger partial charge in [-0.25, -0.2) is 4.79 Å². The Morgan fingerprint density at radius 2 is 1.50 bits per heavy atom. The molecule has 0 N–H and O–H groups in total. The van der Waals surface area contributed by atoms with Crippen molar-refractivity contribution in [3.05, 3.63) is 111 Å². The van der Waals surface area contributed by atoms with Crippen molar-refractivity contribution in [3.63, 3.8) is 0 Å². The summed E-state index contributed by atoms with van der Waals surface area (Å²) in [6.07, 6.45) is 0. The second-order valence-corrected chi connectivity index (χ2v) is 6.50. The third-order valence-electron chi connectivity index (χ3n) is 4.49. The van der Waals surface area contributed by atoms with Gasteiger partial charge in [-0.1, -0.05) is 60.7 Å². The number of ketones is 2. The van der Waals surface area contributed by atoms with E-state index >= 15 is 0 Å². The predicted octanol–water partition coefficient (Wildman–Crippen LogP) is 4.17. The zero-order valence-electron chi connectivity index (χ0n) is 16.0. The average Bonchev–Trinajstić information content (AvgIpc) is 2.77. The van der Waals surface area contributed by atoms with Crippen LogP contribution in [0, 0.1) is 17.0 Å². The van der Waals surface area contributed by atoms with E-state index < -0.39 is 23.3 Å². The number of Topliss-reactive ketones (excluding diaryl/α,β-unsaturated/α-hetero) is 1. The second-order valence-electron chi connectivity index (χ2n) is 6.50. The van der Waals surface area contributed by atoms with Gasteiger partial charge in [0, 0.05) is 28.3 Å². The summed E-state index contributed by atoms with van der Waals surface area (Å²) in [4.78, 5) is 48.1. The first-order chi connectivity index (χ1) is 14.4. The van der Waals surface area contributed by atoms with Crippen LogP contribution in [0.5, 0.6) is 0 Å². The zero-order valence-corrected chi connectivity index (χ0v) is 16.0. The standard InChI is InChI=1S/C23H17NO6/c1-15-11-12-17(13-20(15)24(28)29)21(25)14-30-23(27)19-10-6-5-9-18(19)22(26)16-7-3-2-4-8-16/h2-13H,14H2,1H3. The second kappa shape index (κ2) is 8.91. The van der Waals surface area contributed by atoms with E-state index in [1.54, 1.807) is 49.4 Å². The molecule has 0 spiro atoms. The number of nitrogens with zero attached hydrogens (tertiary/aromatic N) is 1. The number of aryl methyl sites for hydroxylation is 1. The molecule has 0 bridgehead atoms. The van der Waals surface area contributed by atoms with E-state index in [4.69, 9.17) is 4.74 Å². The number of carbonyl (C=O) groups excluding carboxylic acids is 3. The summed E-state index contributed by atoms with van der Waals surface area (Å²) in [5.74, 6) is -1.76. The first kappa shape index (κ1) is 20.6. The van der Waals surface area contributed by atoms with Gasteiger partial charge >= 0.3 is 5.97 Å². The number of hydrogen-bond acceptors (Lipinski definition) is 6. The van der Waals surface area contributed by atoms with E-state index in [0.717, 1.165) is 6.07 Å². The van der Waals surface area contributed by atoms with E-state index in [1.165, 1.54) is 24.3 Å². The third kappa shape index (κ3) is 4.47. The summed E-state index contributed by atoms with van der Waals surface area (Å²) in [6, 6.07) is 18.7. The highest BCUT2D eigenvalue weighted by Gasteiger charge is 2.21. The summed E-state index contributed by atoms with van der Waals surface area (Å²) >= 11 is 0. The molecular weight excluding hydrogens is 386 g/mol. The van der Waals surface area contributed by atoms with E-state index in [0.29, 0.717) is 11.1 Å². The van der Waals surface area contributed by atoms with Crippen molar-refractivity contribution < 1.29 is 24.0 Å². The number of ether oxygens (including phenoxy) is 1. The van der Waals surface area contributed by atoms with Gasteiger partial charge < -0.3 is 4.74 Å². The number of nitro benzene ring substituents is 1. The molecule has 150 valence electrons. The predicted molar refractivity (Wildman–Crippen MR) is 109 cm³/mol. The molecule has 0 aromatic heterocycles. The molecular formula is C23H17NO6. The molecule has 3 aromatic rings. The quantitative estimate of drug-likeness (QED) is 0.254. The van der Waals surface area contributed by atoms with Gasteiger partial charge in [0.1, 0.15) is 0 Å². The molecule has 3 aromatic carbocycles. The lowest BCUT2D eigenvalue weighted by molar-refractivity contribution is -0.385. The number of esters is 1. The van der Waals surface area contributed by atoms with Gasteiger partial charge in [-0.15, -0.1) is 0 Å². The van der Waals surface area contributed by atoms with Crippen LogP contribution in [0.3, 0.4) is 0 Å². The molecule has 0 radical (unpaired) electrons. The Balaban J connectivity index is 1.76. The number of nitro groups is 1. The van der Waals surface area contributed by atoms with Crippen molar-refractivity contribution in [2.24, 2.45) is 0 Å². The summed E-state index contributed by atoms with van der Waals surface area (Å²) in [5.41, 5.74) is 0.906. The number of benzene rings is 3. The van der Waals surface area contributed by atoms with Crippen LogP contribution in [0.1, 0.15) is 42.2 Å². The summed E-state index contributed by atoms with van der Waals surface area (Å²) in [5, 5.41) is 11.0. The van der Waals surface area contributed by atoms with Gasteiger partial charge in [-0.05, 0) is 13.0 Å².